The lowest BCUT2D eigenvalue weighted by molar-refractivity contribution is -0.143. The summed E-state index contributed by atoms with van der Waals surface area (Å²) in [5, 5.41) is 0. The molecular weight excluding hydrogens is 328 g/mol. The molecule has 0 aromatic heterocycles. The zero-order valence-corrected chi connectivity index (χ0v) is 11.4. The number of hydrogen-bond acceptors (Lipinski definition) is 1. The van der Waals surface area contributed by atoms with Crippen LogP contribution in [-0.2, 0) is 17.1 Å². The SMILES string of the molecule is NC(N)=NC(=O)C1CC1c1cc(C(F)(F)F)cc(C(F)(F)F)c1. The number of guanidine groups is 1. The fourth-order valence-corrected chi connectivity index (χ4v) is 2.24. The van der Waals surface area contributed by atoms with Crippen molar-refractivity contribution in [2.75, 3.05) is 0 Å². The molecule has 10 heteroatoms. The van der Waals surface area contributed by atoms with Crippen LogP contribution in [0.2, 0.25) is 0 Å². The molecule has 1 aliphatic carbocycles. The van der Waals surface area contributed by atoms with Crippen molar-refractivity contribution in [1.29, 1.82) is 0 Å². The molecule has 1 fully saturated rings. The second-order valence-corrected chi connectivity index (χ2v) is 5.16. The fraction of sp³-hybridized carbons (Fsp3) is 0.385. The minimum Gasteiger partial charge on any atom is -0.370 e. The second-order valence-electron chi connectivity index (χ2n) is 5.16. The van der Waals surface area contributed by atoms with E-state index in [2.05, 4.69) is 4.99 Å². The summed E-state index contributed by atoms with van der Waals surface area (Å²) in [5.41, 5.74) is 6.99. The van der Waals surface area contributed by atoms with Gasteiger partial charge >= 0.3 is 12.4 Å². The number of halogens is 6. The summed E-state index contributed by atoms with van der Waals surface area (Å²) in [7, 11) is 0. The van der Waals surface area contributed by atoms with Gasteiger partial charge in [0, 0.05) is 5.92 Å². The van der Waals surface area contributed by atoms with E-state index in [1.54, 1.807) is 0 Å². The molecule has 4 nitrogen and oxygen atoms in total. The van der Waals surface area contributed by atoms with Crippen molar-refractivity contribution in [2.24, 2.45) is 22.4 Å². The fourth-order valence-electron chi connectivity index (χ4n) is 2.24. The van der Waals surface area contributed by atoms with E-state index >= 15 is 0 Å². The summed E-state index contributed by atoms with van der Waals surface area (Å²) in [4.78, 5) is 14.8. The van der Waals surface area contributed by atoms with Crippen molar-refractivity contribution in [2.45, 2.75) is 24.7 Å². The third-order valence-electron chi connectivity index (χ3n) is 3.39. The summed E-state index contributed by atoms with van der Waals surface area (Å²) in [6, 6.07) is 1.27. The molecule has 0 heterocycles. The van der Waals surface area contributed by atoms with Gasteiger partial charge in [-0.3, -0.25) is 4.79 Å². The highest BCUT2D eigenvalue weighted by atomic mass is 19.4. The van der Waals surface area contributed by atoms with E-state index in [0.717, 1.165) is 0 Å². The minimum absolute atomic E-state index is 0.0404. The molecule has 2 rings (SSSR count). The maximum absolute atomic E-state index is 12.8. The molecule has 0 aliphatic heterocycles. The highest BCUT2D eigenvalue weighted by Crippen LogP contribution is 2.50. The Bertz CT molecular complexity index is 628. The molecule has 1 aliphatic rings. The van der Waals surface area contributed by atoms with Crippen LogP contribution in [0.1, 0.15) is 29.0 Å². The number of alkyl halides is 6. The van der Waals surface area contributed by atoms with Crippen molar-refractivity contribution in [1.82, 2.24) is 0 Å². The Kier molecular flexibility index (Phi) is 4.03. The Balaban J connectivity index is 2.37. The van der Waals surface area contributed by atoms with Crippen molar-refractivity contribution < 1.29 is 31.1 Å². The van der Waals surface area contributed by atoms with Gasteiger partial charge in [-0.15, -0.1) is 0 Å². The van der Waals surface area contributed by atoms with Gasteiger partial charge in [0.25, 0.3) is 5.91 Å². The topological polar surface area (TPSA) is 81.5 Å². The van der Waals surface area contributed by atoms with Crippen LogP contribution in [0.15, 0.2) is 23.2 Å². The maximum Gasteiger partial charge on any atom is 0.416 e. The largest absolute Gasteiger partial charge is 0.416 e. The van der Waals surface area contributed by atoms with E-state index in [0.29, 0.717) is 12.1 Å². The van der Waals surface area contributed by atoms with Gasteiger partial charge in [0.2, 0.25) is 0 Å². The van der Waals surface area contributed by atoms with Crippen LogP contribution in [0.4, 0.5) is 26.3 Å². The summed E-state index contributed by atoms with van der Waals surface area (Å²) < 4.78 is 76.6. The van der Waals surface area contributed by atoms with Gasteiger partial charge in [0.15, 0.2) is 5.96 Å². The van der Waals surface area contributed by atoms with Crippen molar-refractivity contribution >= 4 is 11.9 Å². The number of amides is 1. The van der Waals surface area contributed by atoms with Gasteiger partial charge in [0.1, 0.15) is 0 Å². The summed E-state index contributed by atoms with van der Waals surface area (Å²) in [6.07, 6.45) is -9.76. The average Bonchev–Trinajstić information content (AvgIpc) is 3.15. The van der Waals surface area contributed by atoms with Gasteiger partial charge in [-0.25, -0.2) is 0 Å². The monoisotopic (exact) mass is 339 g/mol. The summed E-state index contributed by atoms with van der Waals surface area (Å²) in [5.74, 6) is -2.86. The molecule has 1 aromatic carbocycles. The van der Waals surface area contributed by atoms with E-state index in [-0.39, 0.29) is 18.1 Å². The number of carbonyl (C=O) groups is 1. The molecule has 1 amide bonds. The first-order chi connectivity index (χ1) is 10.4. The predicted molar refractivity (Wildman–Crippen MR) is 68.1 cm³/mol. The van der Waals surface area contributed by atoms with Crippen LogP contribution in [0.25, 0.3) is 0 Å². The highest BCUT2D eigenvalue weighted by Gasteiger charge is 2.46. The number of nitrogens with zero attached hydrogens (tertiary/aromatic N) is 1. The van der Waals surface area contributed by atoms with E-state index in [4.69, 9.17) is 11.5 Å². The standard InChI is InChI=1S/C13H11F6N3O/c14-12(15,16)6-1-5(2-7(3-6)13(17,18)19)8-4-9(8)10(23)22-11(20)21/h1-3,8-9H,4H2,(H4,20,21,22,23). The van der Waals surface area contributed by atoms with Gasteiger partial charge in [-0.1, -0.05) is 0 Å². The molecule has 126 valence electrons. The Morgan fingerprint density at radius 2 is 1.48 bits per heavy atom. The molecular formula is C13H11F6N3O. The summed E-state index contributed by atoms with van der Waals surface area (Å²) >= 11 is 0. The lowest BCUT2D eigenvalue weighted by Crippen LogP contribution is -2.24. The molecule has 0 saturated heterocycles. The lowest BCUT2D eigenvalue weighted by Gasteiger charge is -2.14. The number of hydrogen-bond donors (Lipinski definition) is 2. The predicted octanol–water partition coefficient (Wildman–Crippen LogP) is 2.63. The van der Waals surface area contributed by atoms with Gasteiger partial charge in [-0.2, -0.15) is 31.3 Å². The molecule has 0 spiro atoms. The zero-order valence-electron chi connectivity index (χ0n) is 11.4. The van der Waals surface area contributed by atoms with Crippen molar-refractivity contribution in [3.63, 3.8) is 0 Å². The third kappa shape index (κ3) is 3.93. The Morgan fingerprint density at radius 1 is 1.00 bits per heavy atom. The Labute approximate surface area is 126 Å². The van der Waals surface area contributed by atoms with E-state index in [1.165, 1.54) is 0 Å². The maximum atomic E-state index is 12.8. The number of rotatable bonds is 2. The number of nitrogens with two attached hydrogens (primary N) is 2. The first-order valence-corrected chi connectivity index (χ1v) is 6.32. The molecule has 4 N–H and O–H groups in total. The first-order valence-electron chi connectivity index (χ1n) is 6.32. The third-order valence-corrected chi connectivity index (χ3v) is 3.39. The van der Waals surface area contributed by atoms with E-state index in [9.17, 15) is 31.1 Å². The number of carbonyl (C=O) groups excluding carboxylic acids is 1. The van der Waals surface area contributed by atoms with Gasteiger partial charge in [-0.05, 0) is 36.1 Å². The molecule has 0 bridgehead atoms. The average molecular weight is 339 g/mol. The van der Waals surface area contributed by atoms with Gasteiger partial charge < -0.3 is 11.5 Å². The van der Waals surface area contributed by atoms with Crippen LogP contribution < -0.4 is 11.5 Å². The highest BCUT2D eigenvalue weighted by molar-refractivity contribution is 5.94. The zero-order chi connectivity index (χ0) is 17.6. The Hall–Kier alpha value is -2.26. The number of aliphatic imine (C=N–C) groups is 1. The molecule has 1 saturated carbocycles. The van der Waals surface area contributed by atoms with Crippen molar-refractivity contribution in [3.05, 3.63) is 34.9 Å². The van der Waals surface area contributed by atoms with Crippen LogP contribution >= 0.6 is 0 Å². The molecule has 2 atom stereocenters. The van der Waals surface area contributed by atoms with Crippen LogP contribution in [0.3, 0.4) is 0 Å². The molecule has 0 radical (unpaired) electrons. The normalized spacial score (nSPS) is 21.0. The number of benzene rings is 1. The molecule has 1 aromatic rings. The van der Waals surface area contributed by atoms with Crippen LogP contribution in [0, 0.1) is 5.92 Å². The van der Waals surface area contributed by atoms with Crippen LogP contribution in [0.5, 0.6) is 0 Å². The Morgan fingerprint density at radius 3 is 1.87 bits per heavy atom. The molecule has 2 unspecified atom stereocenters. The van der Waals surface area contributed by atoms with Crippen molar-refractivity contribution in [3.8, 4) is 0 Å². The van der Waals surface area contributed by atoms with Gasteiger partial charge in [0.05, 0.1) is 11.1 Å². The smallest absolute Gasteiger partial charge is 0.370 e. The lowest BCUT2D eigenvalue weighted by atomic mass is 10.0. The first kappa shape index (κ1) is 17.1. The second kappa shape index (κ2) is 5.43. The van der Waals surface area contributed by atoms with E-state index < -0.39 is 47.2 Å². The summed E-state index contributed by atoms with van der Waals surface area (Å²) in [6.45, 7) is 0. The van der Waals surface area contributed by atoms with Crippen LogP contribution in [-0.4, -0.2) is 11.9 Å². The van der Waals surface area contributed by atoms with E-state index in [1.807, 2.05) is 0 Å². The quantitative estimate of drug-likeness (QED) is 0.494. The molecule has 23 heavy (non-hydrogen) atoms. The minimum atomic E-state index is -4.93.